The molecular formula is C20H12N2O5. The molecule has 0 saturated heterocycles. The van der Waals surface area contributed by atoms with E-state index in [0.29, 0.717) is 28.4 Å². The number of rotatable bonds is 4. The molecule has 3 aromatic heterocycles. The summed E-state index contributed by atoms with van der Waals surface area (Å²) in [4.78, 5) is 4.23. The number of nitriles is 1. The Hall–Kier alpha value is -4.18. The number of hydrogen-bond acceptors (Lipinski definition) is 7. The first-order valence-electron chi connectivity index (χ1n) is 7.88. The van der Waals surface area contributed by atoms with E-state index in [9.17, 15) is 15.5 Å². The summed E-state index contributed by atoms with van der Waals surface area (Å²) in [6.45, 7) is 0. The van der Waals surface area contributed by atoms with Crippen LogP contribution in [0.5, 0.6) is 11.5 Å². The van der Waals surface area contributed by atoms with Gasteiger partial charge in [0.25, 0.3) is 0 Å². The van der Waals surface area contributed by atoms with Gasteiger partial charge in [-0.2, -0.15) is 5.26 Å². The maximum absolute atomic E-state index is 9.66. The highest BCUT2D eigenvalue weighted by atomic mass is 16.4. The molecule has 7 heteroatoms. The highest BCUT2D eigenvalue weighted by molar-refractivity contribution is 5.87. The lowest BCUT2D eigenvalue weighted by Crippen LogP contribution is -1.81. The van der Waals surface area contributed by atoms with Crippen LogP contribution in [0.1, 0.15) is 11.1 Å². The molecule has 0 fully saturated rings. The first-order chi connectivity index (χ1) is 13.2. The van der Waals surface area contributed by atoms with E-state index in [1.165, 1.54) is 30.9 Å². The largest absolute Gasteiger partial charge is 0.504 e. The van der Waals surface area contributed by atoms with Gasteiger partial charge in [-0.1, -0.05) is 0 Å². The van der Waals surface area contributed by atoms with Gasteiger partial charge in [-0.05, 0) is 48.0 Å². The van der Waals surface area contributed by atoms with Crippen LogP contribution in [0.15, 0.2) is 73.2 Å². The number of phenols is 2. The number of aliphatic imine (C=N–C) groups is 1. The molecule has 0 aliphatic heterocycles. The molecule has 0 bridgehead atoms. The minimum Gasteiger partial charge on any atom is -0.504 e. The summed E-state index contributed by atoms with van der Waals surface area (Å²) in [5.41, 5.74) is 1.15. The molecule has 0 radical (unpaired) electrons. The summed E-state index contributed by atoms with van der Waals surface area (Å²) in [7, 11) is 0. The van der Waals surface area contributed by atoms with Crippen LogP contribution in [0.4, 0.5) is 5.88 Å². The number of furan rings is 3. The number of hydrogen-bond donors (Lipinski definition) is 2. The fourth-order valence-electron chi connectivity index (χ4n) is 2.60. The zero-order valence-corrected chi connectivity index (χ0v) is 13.8. The zero-order chi connectivity index (χ0) is 18.8. The molecule has 0 spiro atoms. The van der Waals surface area contributed by atoms with Crippen LogP contribution in [0.25, 0.3) is 22.8 Å². The van der Waals surface area contributed by atoms with Gasteiger partial charge in [-0.3, -0.25) is 0 Å². The fourth-order valence-corrected chi connectivity index (χ4v) is 2.60. The summed E-state index contributed by atoms with van der Waals surface area (Å²) in [5, 5.41) is 28.6. The average molecular weight is 360 g/mol. The first kappa shape index (κ1) is 16.3. The Kier molecular flexibility index (Phi) is 3.99. The van der Waals surface area contributed by atoms with Crippen LogP contribution < -0.4 is 0 Å². The van der Waals surface area contributed by atoms with E-state index in [1.807, 2.05) is 0 Å². The predicted molar refractivity (Wildman–Crippen MR) is 95.9 cm³/mol. The summed E-state index contributed by atoms with van der Waals surface area (Å²) in [6.07, 6.45) is 4.41. The molecule has 0 amide bonds. The van der Waals surface area contributed by atoms with Crippen LogP contribution in [-0.2, 0) is 0 Å². The second-order valence-electron chi connectivity index (χ2n) is 5.56. The number of benzene rings is 1. The Bertz CT molecular complexity index is 1150. The molecule has 3 heterocycles. The van der Waals surface area contributed by atoms with E-state index in [2.05, 4.69) is 11.1 Å². The molecule has 132 valence electrons. The minimum absolute atomic E-state index is 0.0721. The second kappa shape index (κ2) is 6.61. The Labute approximate surface area is 153 Å². The van der Waals surface area contributed by atoms with Gasteiger partial charge in [0, 0.05) is 6.21 Å². The third-order valence-corrected chi connectivity index (χ3v) is 3.84. The molecule has 4 rings (SSSR count). The van der Waals surface area contributed by atoms with E-state index in [1.54, 1.807) is 30.3 Å². The maximum atomic E-state index is 9.66. The lowest BCUT2D eigenvalue weighted by Gasteiger charge is -1.97. The van der Waals surface area contributed by atoms with Crippen molar-refractivity contribution in [1.29, 1.82) is 5.26 Å². The van der Waals surface area contributed by atoms with E-state index in [-0.39, 0.29) is 22.9 Å². The summed E-state index contributed by atoms with van der Waals surface area (Å²) < 4.78 is 16.6. The third-order valence-electron chi connectivity index (χ3n) is 3.84. The zero-order valence-electron chi connectivity index (χ0n) is 13.8. The Morgan fingerprint density at radius 1 is 0.963 bits per heavy atom. The second-order valence-corrected chi connectivity index (χ2v) is 5.56. The Morgan fingerprint density at radius 2 is 1.70 bits per heavy atom. The van der Waals surface area contributed by atoms with Crippen LogP contribution >= 0.6 is 0 Å². The topological polar surface area (TPSA) is 116 Å². The molecule has 0 atom stereocenters. The molecule has 0 saturated carbocycles. The minimum atomic E-state index is -0.272. The van der Waals surface area contributed by atoms with Crippen molar-refractivity contribution in [1.82, 2.24) is 0 Å². The van der Waals surface area contributed by atoms with E-state index in [4.69, 9.17) is 13.3 Å². The van der Waals surface area contributed by atoms with Crippen molar-refractivity contribution >= 4 is 12.1 Å². The molecule has 7 nitrogen and oxygen atoms in total. The van der Waals surface area contributed by atoms with E-state index in [0.717, 1.165) is 0 Å². The molecule has 0 unspecified atom stereocenters. The van der Waals surface area contributed by atoms with Gasteiger partial charge in [-0.25, -0.2) is 4.99 Å². The predicted octanol–water partition coefficient (Wildman–Crippen LogP) is 4.83. The maximum Gasteiger partial charge on any atom is 0.238 e. The molecule has 0 aliphatic carbocycles. The van der Waals surface area contributed by atoms with Gasteiger partial charge in [0.05, 0.1) is 18.1 Å². The lowest BCUT2D eigenvalue weighted by molar-refractivity contribution is 0.403. The van der Waals surface area contributed by atoms with Gasteiger partial charge >= 0.3 is 0 Å². The van der Waals surface area contributed by atoms with Crippen LogP contribution in [0.2, 0.25) is 0 Å². The third kappa shape index (κ3) is 2.96. The van der Waals surface area contributed by atoms with Gasteiger partial charge in [0.2, 0.25) is 5.88 Å². The van der Waals surface area contributed by atoms with Crippen molar-refractivity contribution < 1.29 is 23.5 Å². The normalized spacial score (nSPS) is 11.1. The summed E-state index contributed by atoms with van der Waals surface area (Å²) in [6, 6.07) is 13.2. The van der Waals surface area contributed by atoms with Crippen LogP contribution in [0.3, 0.4) is 0 Å². The molecule has 1 aromatic carbocycles. The fraction of sp³-hybridized carbons (Fsp3) is 0. The standard InChI is InChI=1S/C20H12N2O5/c21-10-13-18(16-3-1-7-25-16)19(17-4-2-8-26-17)27-20(13)22-11-12-5-6-14(23)15(24)9-12/h1-9,11,23-24H. The van der Waals surface area contributed by atoms with Gasteiger partial charge in [-0.15, -0.1) is 0 Å². The number of nitrogens with zero attached hydrogens (tertiary/aromatic N) is 2. The van der Waals surface area contributed by atoms with Crippen molar-refractivity contribution in [2.24, 2.45) is 4.99 Å². The highest BCUT2D eigenvalue weighted by Gasteiger charge is 2.25. The SMILES string of the molecule is N#Cc1c(N=Cc2ccc(O)c(O)c2)oc(-c2ccco2)c1-c1ccco1. The van der Waals surface area contributed by atoms with Gasteiger partial charge in [0.15, 0.2) is 23.0 Å². The quantitative estimate of drug-likeness (QED) is 0.397. The highest BCUT2D eigenvalue weighted by Crippen LogP contribution is 2.42. The van der Waals surface area contributed by atoms with Crippen molar-refractivity contribution in [2.75, 3.05) is 0 Å². The number of phenolic OH excluding ortho intramolecular Hbond substituents is 2. The van der Waals surface area contributed by atoms with Crippen LogP contribution in [-0.4, -0.2) is 16.4 Å². The average Bonchev–Trinajstić information content (AvgIpc) is 3.42. The van der Waals surface area contributed by atoms with Crippen LogP contribution in [0, 0.1) is 11.3 Å². The van der Waals surface area contributed by atoms with E-state index >= 15 is 0 Å². The smallest absolute Gasteiger partial charge is 0.238 e. The van der Waals surface area contributed by atoms with E-state index < -0.39 is 0 Å². The van der Waals surface area contributed by atoms with Gasteiger partial charge < -0.3 is 23.5 Å². The van der Waals surface area contributed by atoms with Crippen molar-refractivity contribution in [3.8, 4) is 40.4 Å². The molecule has 0 aliphatic rings. The molecule has 27 heavy (non-hydrogen) atoms. The molecule has 4 aromatic rings. The van der Waals surface area contributed by atoms with Crippen molar-refractivity contribution in [2.45, 2.75) is 0 Å². The summed E-state index contributed by atoms with van der Waals surface area (Å²) >= 11 is 0. The lowest BCUT2D eigenvalue weighted by atomic mass is 10.1. The first-order valence-corrected chi connectivity index (χ1v) is 7.88. The number of aromatic hydroxyl groups is 2. The Morgan fingerprint density at radius 3 is 2.33 bits per heavy atom. The van der Waals surface area contributed by atoms with Crippen molar-refractivity contribution in [3.05, 3.63) is 66.1 Å². The van der Waals surface area contributed by atoms with Crippen molar-refractivity contribution in [3.63, 3.8) is 0 Å². The summed E-state index contributed by atoms with van der Waals surface area (Å²) in [5.74, 6) is 0.775. The molecule has 2 N–H and O–H groups in total. The van der Waals surface area contributed by atoms with Gasteiger partial charge in [0.1, 0.15) is 17.4 Å². The molecular weight excluding hydrogens is 348 g/mol. The monoisotopic (exact) mass is 360 g/mol. The Balaban J connectivity index is 1.84.